The van der Waals surface area contributed by atoms with Gasteiger partial charge in [-0.3, -0.25) is 4.98 Å². The lowest BCUT2D eigenvalue weighted by atomic mass is 10.5. The molecule has 0 fully saturated rings. The number of rotatable bonds is 0. The van der Waals surface area contributed by atoms with E-state index in [1.54, 1.807) is 12.4 Å². The van der Waals surface area contributed by atoms with Crippen molar-refractivity contribution in [3.05, 3.63) is 29.0 Å². The molecule has 5 heteroatoms. The highest BCUT2D eigenvalue weighted by molar-refractivity contribution is 9.10. The third-order valence-electron chi connectivity index (χ3n) is 0.625. The Morgan fingerprint density at radius 1 is 1.42 bits per heavy atom. The molecule has 0 aliphatic heterocycles. The largest absolute Gasteiger partial charge is 0.264 e. The summed E-state index contributed by atoms with van der Waals surface area (Å²) < 4.78 is 20.3. The first-order valence-electron chi connectivity index (χ1n) is 3.10. The maximum absolute atomic E-state index is 9.63. The molecule has 0 atom stereocenters. The molecule has 68 valence electrons. The molecule has 0 radical (unpaired) electrons. The molecule has 0 saturated carbocycles. The van der Waals surface area contributed by atoms with Gasteiger partial charge in [-0.1, -0.05) is 0 Å². The Labute approximate surface area is 80.9 Å². The summed E-state index contributed by atoms with van der Waals surface area (Å²) >= 11 is 3.25. The van der Waals surface area contributed by atoms with Gasteiger partial charge in [0, 0.05) is 29.4 Å². The third-order valence-corrected chi connectivity index (χ3v) is 1.09. The summed E-state index contributed by atoms with van der Waals surface area (Å²) in [6, 6.07) is 3.82. The minimum absolute atomic E-state index is 1.02. The fraction of sp³-hybridized carbons (Fsp3) is 0.286. The van der Waals surface area contributed by atoms with Crippen molar-refractivity contribution in [1.82, 2.24) is 4.98 Å². The second kappa shape index (κ2) is 5.27. The van der Waals surface area contributed by atoms with Gasteiger partial charge in [0.25, 0.3) is 0 Å². The van der Waals surface area contributed by atoms with Crippen molar-refractivity contribution in [2.45, 2.75) is 0 Å². The van der Waals surface area contributed by atoms with Crippen LogP contribution >= 0.6 is 15.9 Å². The Morgan fingerprint density at radius 2 is 1.92 bits per heavy atom. The van der Waals surface area contributed by atoms with Gasteiger partial charge in [0.2, 0.25) is 0 Å². The van der Waals surface area contributed by atoms with Gasteiger partial charge >= 0.3 is 0 Å². The summed E-state index contributed by atoms with van der Waals surface area (Å²) in [4.78, 5) is 3.84. The van der Waals surface area contributed by atoms with Crippen molar-refractivity contribution < 1.29 is 8.42 Å². The van der Waals surface area contributed by atoms with E-state index in [1.165, 1.54) is 0 Å². The van der Waals surface area contributed by atoms with Crippen LogP contribution in [0.15, 0.2) is 29.0 Å². The number of nitrogens with zero attached hydrogens (tertiary/aromatic N) is 1. The van der Waals surface area contributed by atoms with Crippen LogP contribution in [0.1, 0.15) is 0 Å². The van der Waals surface area contributed by atoms with Crippen LogP contribution in [0.3, 0.4) is 0 Å². The number of pyridine rings is 1. The predicted octanol–water partition coefficient (Wildman–Crippen LogP) is 1.50. The predicted molar refractivity (Wildman–Crippen MR) is 52.7 cm³/mol. The second-order valence-corrected chi connectivity index (χ2v) is 5.52. The quantitative estimate of drug-likeness (QED) is 0.703. The molecule has 0 spiro atoms. The average molecular weight is 252 g/mol. The topological polar surface area (TPSA) is 47.0 Å². The minimum Gasteiger partial charge on any atom is -0.264 e. The molecule has 3 nitrogen and oxygen atoms in total. The monoisotopic (exact) mass is 251 g/mol. The highest BCUT2D eigenvalue weighted by Gasteiger charge is 1.79. The standard InChI is InChI=1S/C5H4BrN.C2H6O2S/c6-5-2-1-3-7-4-5;1-5(2,3)4/h1-4H;1-2H3. The Morgan fingerprint density at radius 3 is 2.08 bits per heavy atom. The second-order valence-electron chi connectivity index (χ2n) is 2.31. The van der Waals surface area contributed by atoms with Crippen molar-refractivity contribution in [2.24, 2.45) is 0 Å². The summed E-state index contributed by atoms with van der Waals surface area (Å²) in [5.41, 5.74) is 0. The van der Waals surface area contributed by atoms with E-state index in [2.05, 4.69) is 20.9 Å². The van der Waals surface area contributed by atoms with E-state index in [9.17, 15) is 8.42 Å². The maximum atomic E-state index is 9.63. The fourth-order valence-corrected chi connectivity index (χ4v) is 0.613. The third kappa shape index (κ3) is 12.3. The zero-order chi connectivity index (χ0) is 9.61. The number of sulfone groups is 1. The van der Waals surface area contributed by atoms with Crippen LogP contribution in [0.2, 0.25) is 0 Å². The average Bonchev–Trinajstić information content (AvgIpc) is 1.85. The molecule has 1 aromatic heterocycles. The van der Waals surface area contributed by atoms with Gasteiger partial charge in [-0.15, -0.1) is 0 Å². The summed E-state index contributed by atoms with van der Waals surface area (Å²) in [5.74, 6) is 0. The normalized spacial score (nSPS) is 9.92. The van der Waals surface area contributed by atoms with Crippen LogP contribution in [0.5, 0.6) is 0 Å². The zero-order valence-electron chi connectivity index (χ0n) is 6.86. The first-order chi connectivity index (χ1) is 5.39. The van der Waals surface area contributed by atoms with Crippen LogP contribution in [0, 0.1) is 0 Å². The SMILES string of the molecule is Brc1cccnc1.CS(C)(=O)=O. The molecule has 0 unspecified atom stereocenters. The molecule has 1 aromatic rings. The zero-order valence-corrected chi connectivity index (χ0v) is 9.26. The summed E-state index contributed by atoms with van der Waals surface area (Å²) in [6.45, 7) is 0. The minimum atomic E-state index is -2.67. The first-order valence-corrected chi connectivity index (χ1v) is 6.19. The Hall–Kier alpha value is -0.420. The van der Waals surface area contributed by atoms with Gasteiger partial charge in [-0.25, -0.2) is 8.42 Å². The Balaban J connectivity index is 0.000000217. The van der Waals surface area contributed by atoms with E-state index >= 15 is 0 Å². The van der Waals surface area contributed by atoms with E-state index in [-0.39, 0.29) is 0 Å². The van der Waals surface area contributed by atoms with Crippen LogP contribution < -0.4 is 0 Å². The summed E-state index contributed by atoms with van der Waals surface area (Å²) in [7, 11) is -2.67. The van der Waals surface area contributed by atoms with Gasteiger partial charge in [0.05, 0.1) is 0 Å². The molecule has 1 rings (SSSR count). The molecule has 0 saturated heterocycles. The molecule has 0 aliphatic rings. The highest BCUT2D eigenvalue weighted by Crippen LogP contribution is 2.02. The summed E-state index contributed by atoms with van der Waals surface area (Å²) in [5, 5.41) is 0. The molecule has 0 amide bonds. The van der Waals surface area contributed by atoms with Crippen LogP contribution in [0.4, 0.5) is 0 Å². The van der Waals surface area contributed by atoms with Crippen LogP contribution in [-0.4, -0.2) is 25.9 Å². The van der Waals surface area contributed by atoms with Gasteiger partial charge in [-0.2, -0.15) is 0 Å². The van der Waals surface area contributed by atoms with Crippen molar-refractivity contribution in [1.29, 1.82) is 0 Å². The molecular weight excluding hydrogens is 242 g/mol. The molecule has 0 N–H and O–H groups in total. The van der Waals surface area contributed by atoms with Crippen LogP contribution in [0.25, 0.3) is 0 Å². The lowest BCUT2D eigenvalue weighted by molar-refractivity contribution is 0.607. The highest BCUT2D eigenvalue weighted by atomic mass is 79.9. The number of halogens is 1. The molecular formula is C7H10BrNO2S. The van der Waals surface area contributed by atoms with Gasteiger partial charge in [-0.05, 0) is 28.1 Å². The van der Waals surface area contributed by atoms with Crippen molar-refractivity contribution in [3.63, 3.8) is 0 Å². The Bertz CT molecular complexity index is 301. The first kappa shape index (κ1) is 11.6. The molecule has 0 aliphatic carbocycles. The van der Waals surface area contributed by atoms with Gasteiger partial charge in [0.1, 0.15) is 9.84 Å². The fourth-order valence-electron chi connectivity index (χ4n) is 0.342. The number of hydrogen-bond acceptors (Lipinski definition) is 3. The molecule has 0 bridgehead atoms. The number of hydrogen-bond donors (Lipinski definition) is 0. The molecule has 1 heterocycles. The lowest BCUT2D eigenvalue weighted by Crippen LogP contribution is -1.86. The van der Waals surface area contributed by atoms with Crippen molar-refractivity contribution >= 4 is 25.8 Å². The summed E-state index contributed by atoms with van der Waals surface area (Å²) in [6.07, 6.45) is 5.81. The van der Waals surface area contributed by atoms with E-state index < -0.39 is 9.84 Å². The van der Waals surface area contributed by atoms with Crippen molar-refractivity contribution in [2.75, 3.05) is 12.5 Å². The lowest BCUT2D eigenvalue weighted by Gasteiger charge is -1.80. The van der Waals surface area contributed by atoms with E-state index in [1.807, 2.05) is 12.1 Å². The number of aromatic nitrogens is 1. The van der Waals surface area contributed by atoms with E-state index in [0.717, 1.165) is 17.0 Å². The van der Waals surface area contributed by atoms with Crippen LogP contribution in [-0.2, 0) is 9.84 Å². The molecule has 0 aromatic carbocycles. The van der Waals surface area contributed by atoms with Gasteiger partial charge < -0.3 is 0 Å². The van der Waals surface area contributed by atoms with E-state index in [4.69, 9.17) is 0 Å². The maximum Gasteiger partial charge on any atom is 0.144 e. The van der Waals surface area contributed by atoms with Crippen molar-refractivity contribution in [3.8, 4) is 0 Å². The van der Waals surface area contributed by atoms with E-state index in [0.29, 0.717) is 0 Å². The van der Waals surface area contributed by atoms with Gasteiger partial charge in [0.15, 0.2) is 0 Å². The molecule has 12 heavy (non-hydrogen) atoms. The Kier molecular flexibility index (Phi) is 5.08. The smallest absolute Gasteiger partial charge is 0.144 e.